The first-order valence-corrected chi connectivity index (χ1v) is 4.63. The van der Waals surface area contributed by atoms with Crippen LogP contribution in [0.5, 0.6) is 0 Å². The highest BCUT2D eigenvalue weighted by Gasteiger charge is 2.37. The standard InChI is InChI=1S/C9H14O6/c1-5(10)13-4-8-7(14-6(2)11)3-9(12)15-8/h7-9,12H,3-4H2,1-2H3/t7?,8-,9?/m1/s1. The molecule has 0 bridgehead atoms. The molecule has 0 aromatic heterocycles. The number of carbonyl (C=O) groups excluding carboxylic acids is 2. The Hall–Kier alpha value is -1.14. The van der Waals surface area contributed by atoms with Crippen LogP contribution in [0.15, 0.2) is 0 Å². The van der Waals surface area contributed by atoms with E-state index in [2.05, 4.69) is 0 Å². The summed E-state index contributed by atoms with van der Waals surface area (Å²) in [5, 5.41) is 9.19. The van der Waals surface area contributed by atoms with Gasteiger partial charge in [0, 0.05) is 20.3 Å². The molecule has 0 aromatic rings. The van der Waals surface area contributed by atoms with Crippen molar-refractivity contribution in [1.82, 2.24) is 0 Å². The Morgan fingerprint density at radius 1 is 1.40 bits per heavy atom. The molecule has 15 heavy (non-hydrogen) atoms. The zero-order chi connectivity index (χ0) is 11.4. The van der Waals surface area contributed by atoms with Gasteiger partial charge in [0.25, 0.3) is 0 Å². The van der Waals surface area contributed by atoms with Crippen molar-refractivity contribution in [3.63, 3.8) is 0 Å². The monoisotopic (exact) mass is 218 g/mol. The summed E-state index contributed by atoms with van der Waals surface area (Å²) in [5.41, 5.74) is 0. The molecule has 0 radical (unpaired) electrons. The van der Waals surface area contributed by atoms with E-state index in [1.165, 1.54) is 13.8 Å². The number of aliphatic hydroxyl groups excluding tert-OH is 1. The zero-order valence-electron chi connectivity index (χ0n) is 8.63. The fourth-order valence-electron chi connectivity index (χ4n) is 1.38. The average molecular weight is 218 g/mol. The fourth-order valence-corrected chi connectivity index (χ4v) is 1.38. The quantitative estimate of drug-likeness (QED) is 0.648. The van der Waals surface area contributed by atoms with Crippen LogP contribution in [-0.2, 0) is 23.8 Å². The summed E-state index contributed by atoms with van der Waals surface area (Å²) in [5.74, 6) is -0.896. The summed E-state index contributed by atoms with van der Waals surface area (Å²) >= 11 is 0. The second kappa shape index (κ2) is 5.09. The second-order valence-corrected chi connectivity index (χ2v) is 3.32. The molecule has 2 unspecified atom stereocenters. The third-order valence-electron chi connectivity index (χ3n) is 1.95. The number of esters is 2. The van der Waals surface area contributed by atoms with Crippen molar-refractivity contribution in [2.75, 3.05) is 6.61 Å². The van der Waals surface area contributed by atoms with Gasteiger partial charge in [0.05, 0.1) is 0 Å². The summed E-state index contributed by atoms with van der Waals surface area (Å²) in [6.07, 6.45) is -1.93. The molecule has 1 fully saturated rings. The van der Waals surface area contributed by atoms with Crippen molar-refractivity contribution < 1.29 is 28.9 Å². The molecule has 1 rings (SSSR count). The van der Waals surface area contributed by atoms with Gasteiger partial charge in [-0.05, 0) is 0 Å². The predicted molar refractivity (Wildman–Crippen MR) is 47.7 cm³/mol. The Bertz CT molecular complexity index is 251. The van der Waals surface area contributed by atoms with Gasteiger partial charge in [-0.1, -0.05) is 0 Å². The van der Waals surface area contributed by atoms with Gasteiger partial charge < -0.3 is 19.3 Å². The minimum atomic E-state index is -0.977. The minimum absolute atomic E-state index is 0.0235. The minimum Gasteiger partial charge on any atom is -0.463 e. The number of hydrogen-bond donors (Lipinski definition) is 1. The molecule has 0 spiro atoms. The first kappa shape index (κ1) is 11.9. The lowest BCUT2D eigenvalue weighted by Gasteiger charge is -2.17. The van der Waals surface area contributed by atoms with Crippen LogP contribution in [0.1, 0.15) is 20.3 Å². The van der Waals surface area contributed by atoms with E-state index in [-0.39, 0.29) is 13.0 Å². The number of hydrogen-bond acceptors (Lipinski definition) is 6. The highest BCUT2D eigenvalue weighted by Crippen LogP contribution is 2.22. The lowest BCUT2D eigenvalue weighted by molar-refractivity contribution is -0.159. The lowest BCUT2D eigenvalue weighted by Crippen LogP contribution is -2.31. The van der Waals surface area contributed by atoms with Crippen LogP contribution in [0.25, 0.3) is 0 Å². The van der Waals surface area contributed by atoms with Crippen molar-refractivity contribution in [2.45, 2.75) is 38.8 Å². The van der Waals surface area contributed by atoms with E-state index in [9.17, 15) is 14.7 Å². The molecule has 3 atom stereocenters. The van der Waals surface area contributed by atoms with Crippen LogP contribution in [0.2, 0.25) is 0 Å². The summed E-state index contributed by atoms with van der Waals surface area (Å²) in [6.45, 7) is 2.52. The van der Waals surface area contributed by atoms with E-state index in [0.29, 0.717) is 0 Å². The van der Waals surface area contributed by atoms with Gasteiger partial charge in [0.1, 0.15) is 18.8 Å². The van der Waals surface area contributed by atoms with E-state index in [1.54, 1.807) is 0 Å². The maximum absolute atomic E-state index is 10.7. The summed E-state index contributed by atoms with van der Waals surface area (Å²) in [7, 11) is 0. The van der Waals surface area contributed by atoms with E-state index in [1.807, 2.05) is 0 Å². The molecule has 0 amide bonds. The lowest BCUT2D eigenvalue weighted by atomic mass is 10.2. The normalized spacial score (nSPS) is 29.9. The molecule has 1 heterocycles. The first-order valence-electron chi connectivity index (χ1n) is 4.63. The van der Waals surface area contributed by atoms with Crippen molar-refractivity contribution in [3.8, 4) is 0 Å². The molecule has 1 aliphatic rings. The van der Waals surface area contributed by atoms with E-state index < -0.39 is 30.4 Å². The van der Waals surface area contributed by atoms with Crippen molar-refractivity contribution in [2.24, 2.45) is 0 Å². The molecule has 86 valence electrons. The molecule has 0 aromatic carbocycles. The highest BCUT2D eigenvalue weighted by molar-refractivity contribution is 5.66. The Morgan fingerprint density at radius 2 is 2.07 bits per heavy atom. The number of carbonyl (C=O) groups is 2. The van der Waals surface area contributed by atoms with Crippen LogP contribution in [-0.4, -0.2) is 42.1 Å². The van der Waals surface area contributed by atoms with Gasteiger partial charge in [-0.2, -0.15) is 0 Å². The molecule has 1 saturated heterocycles. The number of rotatable bonds is 3. The molecular weight excluding hydrogens is 204 g/mol. The molecular formula is C9H14O6. The van der Waals surface area contributed by atoms with Crippen molar-refractivity contribution >= 4 is 11.9 Å². The van der Waals surface area contributed by atoms with Crippen LogP contribution in [0, 0.1) is 0 Å². The third-order valence-corrected chi connectivity index (χ3v) is 1.95. The van der Waals surface area contributed by atoms with Gasteiger partial charge in [0.2, 0.25) is 0 Å². The van der Waals surface area contributed by atoms with Gasteiger partial charge in [-0.15, -0.1) is 0 Å². The summed E-state index contributed by atoms with van der Waals surface area (Å²) in [4.78, 5) is 21.3. The van der Waals surface area contributed by atoms with Crippen molar-refractivity contribution in [3.05, 3.63) is 0 Å². The van der Waals surface area contributed by atoms with Crippen LogP contribution < -0.4 is 0 Å². The second-order valence-electron chi connectivity index (χ2n) is 3.32. The maximum atomic E-state index is 10.7. The molecule has 1 aliphatic heterocycles. The maximum Gasteiger partial charge on any atom is 0.303 e. The predicted octanol–water partition coefficient (Wildman–Crippen LogP) is -0.412. The summed E-state index contributed by atoms with van der Waals surface area (Å²) in [6, 6.07) is 0. The van der Waals surface area contributed by atoms with E-state index >= 15 is 0 Å². The van der Waals surface area contributed by atoms with Crippen LogP contribution in [0.4, 0.5) is 0 Å². The largest absolute Gasteiger partial charge is 0.463 e. The molecule has 6 nitrogen and oxygen atoms in total. The van der Waals surface area contributed by atoms with Crippen LogP contribution in [0.3, 0.4) is 0 Å². The topological polar surface area (TPSA) is 82.1 Å². The average Bonchev–Trinajstić information content (AvgIpc) is 2.41. The zero-order valence-corrected chi connectivity index (χ0v) is 8.63. The summed E-state index contributed by atoms with van der Waals surface area (Å²) < 4.78 is 14.7. The number of ether oxygens (including phenoxy) is 3. The SMILES string of the molecule is CC(=O)OC[C@H]1OC(O)CC1OC(C)=O. The Morgan fingerprint density at radius 3 is 2.60 bits per heavy atom. The smallest absolute Gasteiger partial charge is 0.303 e. The molecule has 1 N–H and O–H groups in total. The van der Waals surface area contributed by atoms with Gasteiger partial charge in [0.15, 0.2) is 6.29 Å². The Kier molecular flexibility index (Phi) is 4.05. The molecule has 0 saturated carbocycles. The Labute approximate surface area is 87.1 Å². The van der Waals surface area contributed by atoms with E-state index in [4.69, 9.17) is 14.2 Å². The van der Waals surface area contributed by atoms with E-state index in [0.717, 1.165) is 0 Å². The fraction of sp³-hybridized carbons (Fsp3) is 0.778. The Balaban J connectivity index is 2.45. The van der Waals surface area contributed by atoms with Crippen LogP contribution >= 0.6 is 0 Å². The van der Waals surface area contributed by atoms with Gasteiger partial charge >= 0.3 is 11.9 Å². The van der Waals surface area contributed by atoms with Crippen molar-refractivity contribution in [1.29, 1.82) is 0 Å². The molecule has 0 aliphatic carbocycles. The molecule has 6 heteroatoms. The van der Waals surface area contributed by atoms with Gasteiger partial charge in [-0.3, -0.25) is 9.59 Å². The number of aliphatic hydroxyl groups is 1. The highest BCUT2D eigenvalue weighted by atomic mass is 16.7. The first-order chi connectivity index (χ1) is 6.99. The van der Waals surface area contributed by atoms with Gasteiger partial charge in [-0.25, -0.2) is 0 Å². The third kappa shape index (κ3) is 3.85.